The molecule has 0 radical (unpaired) electrons. The molecule has 1 fully saturated rings. The van der Waals surface area contributed by atoms with Crippen LogP contribution in [0.1, 0.15) is 32.8 Å². The standard InChI is InChI=1S/C15H21F2NOS/c1-9(2)18-8-11-6-12(16)15(13(17)7-11)20-14-4-5-19-10(14)3/h6-7,9-10,14,18H,4-5,8H2,1-3H3. The molecular formula is C15H21F2NOS. The molecule has 5 heteroatoms. The van der Waals surface area contributed by atoms with Crippen molar-refractivity contribution in [3.8, 4) is 0 Å². The predicted molar refractivity (Wildman–Crippen MR) is 78.0 cm³/mol. The van der Waals surface area contributed by atoms with E-state index in [-0.39, 0.29) is 22.3 Å². The molecule has 1 aliphatic heterocycles. The fourth-order valence-electron chi connectivity index (χ4n) is 2.17. The lowest BCUT2D eigenvalue weighted by molar-refractivity contribution is 0.127. The number of halogens is 2. The van der Waals surface area contributed by atoms with Crippen LogP contribution in [0.3, 0.4) is 0 Å². The molecule has 1 N–H and O–H groups in total. The molecule has 0 amide bonds. The van der Waals surface area contributed by atoms with E-state index in [0.29, 0.717) is 18.7 Å². The van der Waals surface area contributed by atoms with Crippen LogP contribution in [-0.2, 0) is 11.3 Å². The van der Waals surface area contributed by atoms with Crippen molar-refractivity contribution in [3.05, 3.63) is 29.3 Å². The van der Waals surface area contributed by atoms with Gasteiger partial charge in [0.25, 0.3) is 0 Å². The Morgan fingerprint density at radius 1 is 1.35 bits per heavy atom. The zero-order valence-corrected chi connectivity index (χ0v) is 12.9. The first-order valence-corrected chi connectivity index (χ1v) is 7.85. The number of hydrogen-bond acceptors (Lipinski definition) is 3. The first-order valence-electron chi connectivity index (χ1n) is 6.97. The smallest absolute Gasteiger partial charge is 0.140 e. The second-order valence-corrected chi connectivity index (χ2v) is 6.69. The summed E-state index contributed by atoms with van der Waals surface area (Å²) in [5, 5.41) is 3.28. The summed E-state index contributed by atoms with van der Waals surface area (Å²) in [5.41, 5.74) is 0.633. The van der Waals surface area contributed by atoms with E-state index in [4.69, 9.17) is 4.74 Å². The van der Waals surface area contributed by atoms with Crippen molar-refractivity contribution in [3.63, 3.8) is 0 Å². The summed E-state index contributed by atoms with van der Waals surface area (Å²) in [7, 11) is 0. The normalized spacial score (nSPS) is 22.7. The summed E-state index contributed by atoms with van der Waals surface area (Å²) in [5.74, 6) is -0.954. The lowest BCUT2D eigenvalue weighted by Crippen LogP contribution is -2.22. The second kappa shape index (κ2) is 6.87. The van der Waals surface area contributed by atoms with Gasteiger partial charge in [0, 0.05) is 24.4 Å². The lowest BCUT2D eigenvalue weighted by Gasteiger charge is -2.15. The number of rotatable bonds is 5. The average Bonchev–Trinajstić information content (AvgIpc) is 2.77. The second-order valence-electron chi connectivity index (χ2n) is 5.45. The fourth-order valence-corrected chi connectivity index (χ4v) is 3.30. The highest BCUT2D eigenvalue weighted by Crippen LogP contribution is 2.35. The third-order valence-corrected chi connectivity index (χ3v) is 4.90. The zero-order chi connectivity index (χ0) is 14.7. The molecule has 0 bridgehead atoms. The predicted octanol–water partition coefficient (Wildman–Crippen LogP) is 3.73. The van der Waals surface area contributed by atoms with Gasteiger partial charge in [0.05, 0.1) is 11.0 Å². The molecule has 0 aliphatic carbocycles. The van der Waals surface area contributed by atoms with Crippen molar-refractivity contribution in [2.75, 3.05) is 6.61 Å². The Morgan fingerprint density at radius 2 is 2.00 bits per heavy atom. The van der Waals surface area contributed by atoms with E-state index in [2.05, 4.69) is 5.32 Å². The van der Waals surface area contributed by atoms with Crippen LogP contribution >= 0.6 is 11.8 Å². The average molecular weight is 301 g/mol. The Bertz CT molecular complexity index is 444. The van der Waals surface area contributed by atoms with Crippen molar-refractivity contribution < 1.29 is 13.5 Å². The molecule has 1 heterocycles. The van der Waals surface area contributed by atoms with Gasteiger partial charge in [0.15, 0.2) is 0 Å². The van der Waals surface area contributed by atoms with Crippen LogP contribution in [0.2, 0.25) is 0 Å². The van der Waals surface area contributed by atoms with Crippen molar-refractivity contribution in [1.29, 1.82) is 0 Å². The van der Waals surface area contributed by atoms with Gasteiger partial charge in [0.2, 0.25) is 0 Å². The van der Waals surface area contributed by atoms with E-state index in [0.717, 1.165) is 6.42 Å². The summed E-state index contributed by atoms with van der Waals surface area (Å²) >= 11 is 1.25. The van der Waals surface area contributed by atoms with Gasteiger partial charge >= 0.3 is 0 Å². The third kappa shape index (κ3) is 3.93. The van der Waals surface area contributed by atoms with E-state index in [1.807, 2.05) is 20.8 Å². The van der Waals surface area contributed by atoms with Crippen molar-refractivity contribution in [2.45, 2.75) is 56.0 Å². The minimum atomic E-state index is -0.477. The molecule has 2 nitrogen and oxygen atoms in total. The van der Waals surface area contributed by atoms with Gasteiger partial charge in [-0.3, -0.25) is 0 Å². The maximum absolute atomic E-state index is 14.1. The van der Waals surface area contributed by atoms with Crippen LogP contribution in [0.15, 0.2) is 17.0 Å². The van der Waals surface area contributed by atoms with E-state index in [1.54, 1.807) is 0 Å². The van der Waals surface area contributed by atoms with Gasteiger partial charge in [-0.05, 0) is 31.0 Å². The van der Waals surface area contributed by atoms with Gasteiger partial charge in [-0.25, -0.2) is 8.78 Å². The van der Waals surface area contributed by atoms with Gasteiger partial charge in [-0.2, -0.15) is 0 Å². The maximum atomic E-state index is 14.1. The zero-order valence-electron chi connectivity index (χ0n) is 12.1. The fraction of sp³-hybridized carbons (Fsp3) is 0.600. The number of hydrogen-bond donors (Lipinski definition) is 1. The van der Waals surface area contributed by atoms with E-state index >= 15 is 0 Å². The summed E-state index contributed by atoms with van der Waals surface area (Å²) < 4.78 is 33.6. The van der Waals surface area contributed by atoms with Crippen LogP contribution in [0, 0.1) is 11.6 Å². The summed E-state index contributed by atoms with van der Waals surface area (Å²) in [6.07, 6.45) is 0.877. The first-order chi connectivity index (χ1) is 9.47. The highest BCUT2D eigenvalue weighted by atomic mass is 32.2. The molecule has 112 valence electrons. The molecule has 0 aromatic heterocycles. The van der Waals surface area contributed by atoms with Crippen LogP contribution < -0.4 is 5.32 Å². The van der Waals surface area contributed by atoms with Crippen LogP contribution in [-0.4, -0.2) is 24.0 Å². The van der Waals surface area contributed by atoms with Gasteiger partial charge in [0.1, 0.15) is 11.6 Å². The maximum Gasteiger partial charge on any atom is 0.140 e. The van der Waals surface area contributed by atoms with E-state index in [9.17, 15) is 8.78 Å². The van der Waals surface area contributed by atoms with Crippen LogP contribution in [0.5, 0.6) is 0 Å². The molecule has 1 aliphatic rings. The molecule has 1 aromatic carbocycles. The topological polar surface area (TPSA) is 21.3 Å². The van der Waals surface area contributed by atoms with Crippen LogP contribution in [0.25, 0.3) is 0 Å². The lowest BCUT2D eigenvalue weighted by atomic mass is 10.2. The number of benzene rings is 1. The molecular weight excluding hydrogens is 280 g/mol. The van der Waals surface area contributed by atoms with Crippen LogP contribution in [0.4, 0.5) is 8.78 Å². The van der Waals surface area contributed by atoms with Crippen molar-refractivity contribution >= 4 is 11.8 Å². The molecule has 2 atom stereocenters. The van der Waals surface area contributed by atoms with E-state index < -0.39 is 11.6 Å². The van der Waals surface area contributed by atoms with E-state index in [1.165, 1.54) is 23.9 Å². The van der Waals surface area contributed by atoms with Crippen molar-refractivity contribution in [1.82, 2.24) is 5.32 Å². The Labute approximate surface area is 123 Å². The molecule has 2 unspecified atom stereocenters. The third-order valence-electron chi connectivity index (χ3n) is 3.35. The number of ether oxygens (including phenoxy) is 1. The number of nitrogens with one attached hydrogen (secondary N) is 1. The minimum Gasteiger partial charge on any atom is -0.377 e. The van der Waals surface area contributed by atoms with Gasteiger partial charge in [-0.15, -0.1) is 11.8 Å². The Morgan fingerprint density at radius 3 is 2.50 bits per heavy atom. The Balaban J connectivity index is 2.10. The molecule has 20 heavy (non-hydrogen) atoms. The summed E-state index contributed by atoms with van der Waals surface area (Å²) in [6.45, 7) is 7.08. The highest BCUT2D eigenvalue weighted by molar-refractivity contribution is 8.00. The summed E-state index contributed by atoms with van der Waals surface area (Å²) in [4.78, 5) is 0.112. The monoisotopic (exact) mass is 301 g/mol. The highest BCUT2D eigenvalue weighted by Gasteiger charge is 2.27. The largest absolute Gasteiger partial charge is 0.377 e. The van der Waals surface area contributed by atoms with Crippen molar-refractivity contribution in [2.24, 2.45) is 0 Å². The SMILES string of the molecule is CC(C)NCc1cc(F)c(SC2CCOC2C)c(F)c1. The molecule has 1 saturated heterocycles. The molecule has 0 saturated carbocycles. The molecule has 0 spiro atoms. The first kappa shape index (κ1) is 15.7. The van der Waals surface area contributed by atoms with Gasteiger partial charge < -0.3 is 10.1 Å². The molecule has 1 aromatic rings. The Kier molecular flexibility index (Phi) is 5.41. The van der Waals surface area contributed by atoms with Gasteiger partial charge in [-0.1, -0.05) is 13.8 Å². The minimum absolute atomic E-state index is 0.0427. The Hall–Kier alpha value is -0.650. The quantitative estimate of drug-likeness (QED) is 0.895. The number of thioether (sulfide) groups is 1. The molecule has 2 rings (SSSR count). The summed E-state index contributed by atoms with van der Waals surface area (Å²) in [6, 6.07) is 3.12.